The first-order chi connectivity index (χ1) is 14.3. The molecule has 10 nitrogen and oxygen atoms in total. The van der Waals surface area contributed by atoms with Crippen molar-refractivity contribution in [2.75, 3.05) is 18.2 Å². The number of anilines is 1. The van der Waals surface area contributed by atoms with Crippen molar-refractivity contribution in [2.24, 2.45) is 12.8 Å². The molecule has 0 atom stereocenters. The molecular formula is C18H18N6O4S2. The first-order valence-corrected chi connectivity index (χ1v) is 10.4. The van der Waals surface area contributed by atoms with Crippen LogP contribution in [0.25, 0.3) is 11.4 Å². The molecule has 3 aromatic rings. The highest BCUT2D eigenvalue weighted by Crippen LogP contribution is 2.33. The molecule has 0 unspecified atom stereocenters. The van der Waals surface area contributed by atoms with E-state index < -0.39 is 11.9 Å². The van der Waals surface area contributed by atoms with Gasteiger partial charge in [0.1, 0.15) is 5.00 Å². The van der Waals surface area contributed by atoms with E-state index in [0.717, 1.165) is 16.9 Å². The lowest BCUT2D eigenvalue weighted by Crippen LogP contribution is -2.16. The van der Waals surface area contributed by atoms with E-state index in [1.54, 1.807) is 37.0 Å². The second kappa shape index (κ2) is 9.05. The highest BCUT2D eigenvalue weighted by molar-refractivity contribution is 7.99. The van der Waals surface area contributed by atoms with Gasteiger partial charge < -0.3 is 20.4 Å². The smallest absolute Gasteiger partial charge is 0.341 e. The molecule has 3 rings (SSSR count). The maximum Gasteiger partial charge on any atom is 0.341 e. The Labute approximate surface area is 179 Å². The SMILES string of the molecule is COC(=O)c1c(NC(=O)CSc2nnc(-c3cccnc3)n2C)sc(C(N)=O)c1C. The number of amides is 2. The number of nitrogens with one attached hydrogen (secondary N) is 1. The van der Waals surface area contributed by atoms with Gasteiger partial charge >= 0.3 is 5.97 Å². The molecule has 0 fully saturated rings. The Kier molecular flexibility index (Phi) is 6.47. The molecule has 0 aliphatic heterocycles. The Morgan fingerprint density at radius 1 is 1.33 bits per heavy atom. The summed E-state index contributed by atoms with van der Waals surface area (Å²) in [6.45, 7) is 1.58. The molecule has 0 saturated carbocycles. The van der Waals surface area contributed by atoms with Gasteiger partial charge in [-0.3, -0.25) is 14.6 Å². The van der Waals surface area contributed by atoms with Crippen molar-refractivity contribution in [1.82, 2.24) is 19.7 Å². The number of esters is 1. The fourth-order valence-corrected chi connectivity index (χ4v) is 4.44. The summed E-state index contributed by atoms with van der Waals surface area (Å²) in [7, 11) is 3.01. The minimum absolute atomic E-state index is 0.0163. The number of rotatable bonds is 7. The number of primary amides is 1. The largest absolute Gasteiger partial charge is 0.465 e. The molecule has 0 saturated heterocycles. The van der Waals surface area contributed by atoms with Gasteiger partial charge in [0.2, 0.25) is 5.91 Å². The predicted octanol–water partition coefficient (Wildman–Crippen LogP) is 1.86. The minimum Gasteiger partial charge on any atom is -0.465 e. The molecule has 30 heavy (non-hydrogen) atoms. The average molecular weight is 447 g/mol. The third-order valence-corrected chi connectivity index (χ3v) is 6.34. The van der Waals surface area contributed by atoms with Crippen molar-refractivity contribution < 1.29 is 19.1 Å². The van der Waals surface area contributed by atoms with Crippen molar-refractivity contribution in [2.45, 2.75) is 12.1 Å². The fraction of sp³-hybridized carbons (Fsp3) is 0.222. The van der Waals surface area contributed by atoms with Crippen molar-refractivity contribution >= 4 is 45.9 Å². The Balaban J connectivity index is 1.73. The first kappa shape index (κ1) is 21.5. The van der Waals surface area contributed by atoms with Gasteiger partial charge in [-0.1, -0.05) is 11.8 Å². The zero-order valence-corrected chi connectivity index (χ0v) is 18.0. The molecule has 0 bridgehead atoms. The summed E-state index contributed by atoms with van der Waals surface area (Å²) >= 11 is 2.12. The Hall–Kier alpha value is -3.25. The highest BCUT2D eigenvalue weighted by Gasteiger charge is 2.25. The number of ether oxygens (including phenoxy) is 1. The number of carbonyl (C=O) groups excluding carboxylic acids is 3. The van der Waals surface area contributed by atoms with Gasteiger partial charge in [0, 0.05) is 25.0 Å². The molecule has 2 amide bonds. The number of pyridine rings is 1. The number of thioether (sulfide) groups is 1. The van der Waals surface area contributed by atoms with Gasteiger partial charge in [-0.2, -0.15) is 0 Å². The number of thiophene rings is 1. The summed E-state index contributed by atoms with van der Waals surface area (Å²) in [5.41, 5.74) is 6.65. The summed E-state index contributed by atoms with van der Waals surface area (Å²) in [5, 5.41) is 11.7. The molecule has 0 aliphatic rings. The highest BCUT2D eigenvalue weighted by atomic mass is 32.2. The van der Waals surface area contributed by atoms with Crippen LogP contribution in [0, 0.1) is 6.92 Å². The number of carbonyl (C=O) groups is 3. The number of hydrogen-bond donors (Lipinski definition) is 2. The van der Waals surface area contributed by atoms with Crippen LogP contribution >= 0.6 is 23.1 Å². The van der Waals surface area contributed by atoms with Crippen LogP contribution < -0.4 is 11.1 Å². The fourth-order valence-electron chi connectivity index (χ4n) is 2.66. The standard InChI is InChI=1S/C18H18N6O4S2/c1-9-12(17(27)28-3)16(30-13(9)14(19)26)21-11(25)8-29-18-23-22-15(24(18)2)10-5-4-6-20-7-10/h4-7H,8H2,1-3H3,(H2,19,26)(H,21,25). The molecule has 0 spiro atoms. The quantitative estimate of drug-likeness (QED) is 0.414. The van der Waals surface area contributed by atoms with E-state index in [2.05, 4.69) is 20.5 Å². The maximum atomic E-state index is 12.5. The van der Waals surface area contributed by atoms with Gasteiger partial charge in [-0.05, 0) is 24.6 Å². The molecule has 3 N–H and O–H groups in total. The number of aromatic nitrogens is 4. The maximum absolute atomic E-state index is 12.5. The van der Waals surface area contributed by atoms with E-state index in [4.69, 9.17) is 10.5 Å². The van der Waals surface area contributed by atoms with Gasteiger partial charge in [-0.25, -0.2) is 4.79 Å². The summed E-state index contributed by atoms with van der Waals surface area (Å²) in [5.74, 6) is -1.08. The van der Waals surface area contributed by atoms with Crippen LogP contribution in [0.2, 0.25) is 0 Å². The van der Waals surface area contributed by atoms with Crippen LogP contribution in [0.1, 0.15) is 25.6 Å². The monoisotopic (exact) mass is 446 g/mol. The lowest BCUT2D eigenvalue weighted by Gasteiger charge is -2.06. The Morgan fingerprint density at radius 3 is 2.73 bits per heavy atom. The molecular weight excluding hydrogens is 428 g/mol. The van der Waals surface area contributed by atoms with Crippen molar-refractivity contribution in [3.8, 4) is 11.4 Å². The second-order valence-corrected chi connectivity index (χ2v) is 8.02. The van der Waals surface area contributed by atoms with Gasteiger partial charge in [0.05, 0.1) is 23.3 Å². The average Bonchev–Trinajstić information content (AvgIpc) is 3.26. The summed E-state index contributed by atoms with van der Waals surface area (Å²) < 4.78 is 6.51. The van der Waals surface area contributed by atoms with Crippen molar-refractivity contribution in [3.63, 3.8) is 0 Å². The molecule has 156 valence electrons. The predicted molar refractivity (Wildman–Crippen MR) is 113 cm³/mol. The summed E-state index contributed by atoms with van der Waals surface area (Å²) in [6.07, 6.45) is 3.34. The number of nitrogens with two attached hydrogens (primary N) is 1. The van der Waals surface area contributed by atoms with Crippen LogP contribution in [-0.4, -0.2) is 50.4 Å². The molecule has 3 aromatic heterocycles. The van der Waals surface area contributed by atoms with E-state index in [1.165, 1.54) is 18.9 Å². The zero-order valence-electron chi connectivity index (χ0n) is 16.3. The molecule has 3 heterocycles. The molecule has 0 aromatic carbocycles. The number of nitrogens with zero attached hydrogens (tertiary/aromatic N) is 4. The summed E-state index contributed by atoms with van der Waals surface area (Å²) in [6, 6.07) is 3.66. The zero-order chi connectivity index (χ0) is 21.8. The van der Waals surface area contributed by atoms with Gasteiger partial charge in [0.15, 0.2) is 11.0 Å². The van der Waals surface area contributed by atoms with Crippen LogP contribution in [0.3, 0.4) is 0 Å². The van der Waals surface area contributed by atoms with E-state index in [1.807, 2.05) is 6.07 Å². The minimum atomic E-state index is -0.681. The Morgan fingerprint density at radius 2 is 2.10 bits per heavy atom. The Bertz CT molecular complexity index is 1110. The molecule has 0 radical (unpaired) electrons. The summed E-state index contributed by atoms with van der Waals surface area (Å²) in [4.78, 5) is 40.4. The van der Waals surface area contributed by atoms with E-state index in [0.29, 0.717) is 16.5 Å². The van der Waals surface area contributed by atoms with Crippen LogP contribution in [0.4, 0.5) is 5.00 Å². The third-order valence-electron chi connectivity index (χ3n) is 4.10. The van der Waals surface area contributed by atoms with Crippen LogP contribution in [0.15, 0.2) is 29.7 Å². The van der Waals surface area contributed by atoms with Crippen LogP contribution in [-0.2, 0) is 16.6 Å². The topological polar surface area (TPSA) is 142 Å². The van der Waals surface area contributed by atoms with Crippen LogP contribution in [0.5, 0.6) is 0 Å². The van der Waals surface area contributed by atoms with Gasteiger partial charge in [-0.15, -0.1) is 21.5 Å². The lowest BCUT2D eigenvalue weighted by atomic mass is 10.1. The lowest BCUT2D eigenvalue weighted by molar-refractivity contribution is -0.113. The third kappa shape index (κ3) is 4.33. The molecule has 12 heteroatoms. The second-order valence-electron chi connectivity index (χ2n) is 6.06. The normalized spacial score (nSPS) is 10.6. The number of hydrogen-bond acceptors (Lipinski definition) is 9. The van der Waals surface area contributed by atoms with Gasteiger partial charge in [0.25, 0.3) is 5.91 Å². The first-order valence-electron chi connectivity index (χ1n) is 8.57. The van der Waals surface area contributed by atoms with E-state index in [9.17, 15) is 14.4 Å². The van der Waals surface area contributed by atoms with Crippen molar-refractivity contribution in [1.29, 1.82) is 0 Å². The van der Waals surface area contributed by atoms with E-state index in [-0.39, 0.29) is 27.1 Å². The molecule has 0 aliphatic carbocycles. The van der Waals surface area contributed by atoms with Crippen molar-refractivity contribution in [3.05, 3.63) is 40.5 Å². The number of methoxy groups -OCH3 is 1. The van der Waals surface area contributed by atoms with E-state index >= 15 is 0 Å².